The Labute approximate surface area is 187 Å². The van der Waals surface area contributed by atoms with Crippen LogP contribution >= 0.6 is 23.1 Å². The summed E-state index contributed by atoms with van der Waals surface area (Å²) >= 11 is 2.78. The van der Waals surface area contributed by atoms with Crippen LogP contribution in [0.1, 0.15) is 47.2 Å². The molecule has 3 rings (SSSR count). The summed E-state index contributed by atoms with van der Waals surface area (Å²) in [5.74, 6) is -0.580. The van der Waals surface area contributed by atoms with Crippen molar-refractivity contribution in [2.45, 2.75) is 39.4 Å². The van der Waals surface area contributed by atoms with Crippen molar-refractivity contribution in [3.63, 3.8) is 0 Å². The summed E-state index contributed by atoms with van der Waals surface area (Å²) in [5.41, 5.74) is 0.0367. The summed E-state index contributed by atoms with van der Waals surface area (Å²) in [4.78, 5) is 37.9. The highest BCUT2D eigenvalue weighted by Gasteiger charge is 2.29. The number of nitrogens with one attached hydrogen (secondary N) is 1. The van der Waals surface area contributed by atoms with E-state index in [0.29, 0.717) is 11.7 Å². The van der Waals surface area contributed by atoms with E-state index >= 15 is 0 Å². The Balaban J connectivity index is 1.76. The van der Waals surface area contributed by atoms with Gasteiger partial charge in [0.25, 0.3) is 0 Å². The molecule has 9 nitrogen and oxygen atoms in total. The van der Waals surface area contributed by atoms with Gasteiger partial charge in [0.2, 0.25) is 11.8 Å². The number of amides is 1. The number of carbonyl (C=O) groups excluding carboxylic acids is 3. The van der Waals surface area contributed by atoms with E-state index in [1.54, 1.807) is 25.2 Å². The number of ether oxygens (including phenoxy) is 1. The third kappa shape index (κ3) is 4.88. The van der Waals surface area contributed by atoms with Crippen molar-refractivity contribution in [1.29, 1.82) is 0 Å². The van der Waals surface area contributed by atoms with Crippen LogP contribution < -0.4 is 5.32 Å². The number of aromatic nitrogens is 3. The van der Waals surface area contributed by atoms with Gasteiger partial charge in [0.1, 0.15) is 11.3 Å². The molecule has 0 aliphatic heterocycles. The monoisotopic (exact) mass is 462 g/mol. The maximum absolute atomic E-state index is 12.6. The molecule has 0 spiro atoms. The largest absolute Gasteiger partial charge is 0.462 e. The highest BCUT2D eigenvalue weighted by molar-refractivity contribution is 7.99. The number of ketones is 1. The molecule has 0 unspecified atom stereocenters. The number of hydrogen-bond acceptors (Lipinski definition) is 9. The van der Waals surface area contributed by atoms with Gasteiger partial charge in [-0.1, -0.05) is 17.8 Å². The van der Waals surface area contributed by atoms with Crippen molar-refractivity contribution < 1.29 is 23.5 Å². The Bertz CT molecular complexity index is 1100. The van der Waals surface area contributed by atoms with Crippen LogP contribution in [0.2, 0.25) is 0 Å². The summed E-state index contributed by atoms with van der Waals surface area (Å²) in [7, 11) is 0. The first-order valence-corrected chi connectivity index (χ1v) is 11.4. The van der Waals surface area contributed by atoms with Crippen LogP contribution in [-0.2, 0) is 16.1 Å². The third-order valence-corrected chi connectivity index (χ3v) is 6.11. The predicted octanol–water partition coefficient (Wildman–Crippen LogP) is 4.04. The van der Waals surface area contributed by atoms with E-state index in [1.807, 2.05) is 29.0 Å². The lowest BCUT2D eigenvalue weighted by Crippen LogP contribution is -2.18. The number of thiophene rings is 1. The van der Waals surface area contributed by atoms with Crippen molar-refractivity contribution in [2.24, 2.45) is 0 Å². The molecule has 0 aromatic carbocycles. The molecule has 0 aliphatic rings. The van der Waals surface area contributed by atoms with E-state index in [-0.39, 0.29) is 40.9 Å². The van der Waals surface area contributed by atoms with Crippen molar-refractivity contribution in [3.8, 4) is 10.7 Å². The van der Waals surface area contributed by atoms with E-state index in [0.717, 1.165) is 10.7 Å². The summed E-state index contributed by atoms with van der Waals surface area (Å²) in [6.45, 7) is 7.29. The highest BCUT2D eigenvalue weighted by Crippen LogP contribution is 2.30. The van der Waals surface area contributed by atoms with Crippen LogP contribution in [0.3, 0.4) is 0 Å². The molecular formula is C20H22N4O5S2. The second kappa shape index (κ2) is 9.92. The molecule has 1 amide bonds. The second-order valence-electron chi connectivity index (χ2n) is 6.38. The average molecular weight is 463 g/mol. The number of esters is 1. The molecule has 0 saturated carbocycles. The number of thioether (sulfide) groups is 1. The first-order valence-electron chi connectivity index (χ1n) is 9.58. The Morgan fingerprint density at radius 1 is 1.26 bits per heavy atom. The Morgan fingerprint density at radius 3 is 2.65 bits per heavy atom. The van der Waals surface area contributed by atoms with Crippen LogP contribution in [0.5, 0.6) is 0 Å². The summed E-state index contributed by atoms with van der Waals surface area (Å²) in [6, 6.07) is 3.90. The molecule has 3 aromatic rings. The molecule has 3 heterocycles. The van der Waals surface area contributed by atoms with Gasteiger partial charge >= 0.3 is 5.97 Å². The molecule has 3 aromatic heterocycles. The molecule has 0 atom stereocenters. The number of anilines is 1. The van der Waals surface area contributed by atoms with Gasteiger partial charge in [0.15, 0.2) is 16.8 Å². The van der Waals surface area contributed by atoms with Crippen LogP contribution in [0.4, 0.5) is 5.88 Å². The molecule has 31 heavy (non-hydrogen) atoms. The summed E-state index contributed by atoms with van der Waals surface area (Å²) < 4.78 is 12.5. The van der Waals surface area contributed by atoms with Gasteiger partial charge in [0, 0.05) is 6.54 Å². The molecule has 0 fully saturated rings. The SMILES string of the molecule is CCOC(=O)c1c(NC(=O)CSc2nnc(-c3cccs3)n2CC)oc(C)c1C(C)=O. The maximum atomic E-state index is 12.6. The maximum Gasteiger partial charge on any atom is 0.344 e. The van der Waals surface area contributed by atoms with Gasteiger partial charge in [-0.2, -0.15) is 0 Å². The van der Waals surface area contributed by atoms with Crippen molar-refractivity contribution in [1.82, 2.24) is 14.8 Å². The number of furan rings is 1. The average Bonchev–Trinajstić information content (AvgIpc) is 3.44. The number of Topliss-reactive ketones (excluding diaryl/α,β-unsaturated/α-hetero) is 1. The van der Waals surface area contributed by atoms with E-state index in [4.69, 9.17) is 9.15 Å². The highest BCUT2D eigenvalue weighted by atomic mass is 32.2. The van der Waals surface area contributed by atoms with Crippen molar-refractivity contribution >= 4 is 46.6 Å². The first kappa shape index (κ1) is 22.8. The molecule has 11 heteroatoms. The molecule has 164 valence electrons. The minimum absolute atomic E-state index is 0.0139. The van der Waals surface area contributed by atoms with Crippen molar-refractivity contribution in [2.75, 3.05) is 17.7 Å². The van der Waals surface area contributed by atoms with Gasteiger partial charge in [-0.3, -0.25) is 14.9 Å². The van der Waals surface area contributed by atoms with E-state index < -0.39 is 11.9 Å². The smallest absolute Gasteiger partial charge is 0.344 e. The molecule has 0 radical (unpaired) electrons. The van der Waals surface area contributed by atoms with E-state index in [2.05, 4.69) is 15.5 Å². The van der Waals surface area contributed by atoms with Crippen LogP contribution in [0.15, 0.2) is 27.1 Å². The fraction of sp³-hybridized carbons (Fsp3) is 0.350. The number of aryl methyl sites for hydroxylation is 1. The molecule has 0 saturated heterocycles. The topological polar surface area (TPSA) is 116 Å². The van der Waals surface area contributed by atoms with Gasteiger partial charge in [-0.05, 0) is 39.1 Å². The fourth-order valence-electron chi connectivity index (χ4n) is 3.02. The van der Waals surface area contributed by atoms with Gasteiger partial charge < -0.3 is 13.7 Å². The molecule has 0 bridgehead atoms. The zero-order valence-corrected chi connectivity index (χ0v) is 19.2. The van der Waals surface area contributed by atoms with E-state index in [1.165, 1.54) is 18.7 Å². The summed E-state index contributed by atoms with van der Waals surface area (Å²) in [6.07, 6.45) is 0. The predicted molar refractivity (Wildman–Crippen MR) is 118 cm³/mol. The third-order valence-electron chi connectivity index (χ3n) is 4.28. The zero-order valence-electron chi connectivity index (χ0n) is 17.6. The van der Waals surface area contributed by atoms with Crippen LogP contribution in [0, 0.1) is 6.92 Å². The minimum Gasteiger partial charge on any atom is -0.462 e. The normalized spacial score (nSPS) is 10.8. The van der Waals surface area contributed by atoms with E-state index in [9.17, 15) is 14.4 Å². The van der Waals surface area contributed by atoms with Gasteiger partial charge in [0.05, 0.1) is 22.8 Å². The number of nitrogens with zero attached hydrogens (tertiary/aromatic N) is 3. The Hall–Kier alpha value is -2.92. The Morgan fingerprint density at radius 2 is 2.03 bits per heavy atom. The minimum atomic E-state index is -0.723. The quantitative estimate of drug-likeness (QED) is 0.288. The molecule has 0 aliphatic carbocycles. The molecular weight excluding hydrogens is 440 g/mol. The number of carbonyl (C=O) groups is 3. The van der Waals surface area contributed by atoms with Gasteiger partial charge in [-0.25, -0.2) is 4.79 Å². The van der Waals surface area contributed by atoms with Crippen LogP contribution in [0.25, 0.3) is 10.7 Å². The second-order valence-corrected chi connectivity index (χ2v) is 8.27. The summed E-state index contributed by atoms with van der Waals surface area (Å²) in [5, 5.41) is 13.6. The number of rotatable bonds is 9. The van der Waals surface area contributed by atoms with Gasteiger partial charge in [-0.15, -0.1) is 21.5 Å². The fourth-order valence-corrected chi connectivity index (χ4v) is 4.54. The number of hydrogen-bond donors (Lipinski definition) is 1. The first-order chi connectivity index (χ1) is 14.9. The lowest BCUT2D eigenvalue weighted by atomic mass is 10.1. The lowest BCUT2D eigenvalue weighted by molar-refractivity contribution is -0.113. The Kier molecular flexibility index (Phi) is 7.29. The lowest BCUT2D eigenvalue weighted by Gasteiger charge is -2.07. The zero-order chi connectivity index (χ0) is 22.5. The molecule has 1 N–H and O–H groups in total. The van der Waals surface area contributed by atoms with Crippen LogP contribution in [-0.4, -0.2) is 44.8 Å². The standard InChI is InChI=1S/C20H22N4O5S2/c1-5-24-17(13-8-7-9-30-13)22-23-20(24)31-10-14(26)21-18-16(19(27)28-6-2)15(11(3)25)12(4)29-18/h7-9H,5-6,10H2,1-4H3,(H,21,26). The van der Waals surface area contributed by atoms with Crippen molar-refractivity contribution in [3.05, 3.63) is 34.4 Å².